The smallest absolute Gasteiger partial charge is 0.343 e. The van der Waals surface area contributed by atoms with Crippen molar-refractivity contribution in [1.29, 1.82) is 0 Å². The first-order valence-electron chi connectivity index (χ1n) is 15.1. The topological polar surface area (TPSA) is 115 Å². The minimum Gasteiger partial charge on any atom is -0.490 e. The van der Waals surface area contributed by atoms with Gasteiger partial charge in [-0.05, 0) is 120 Å². The monoisotopic (exact) mass is 928 g/mol. The summed E-state index contributed by atoms with van der Waals surface area (Å²) < 4.78 is 31.7. The van der Waals surface area contributed by atoms with Gasteiger partial charge in [0.15, 0.2) is 22.9 Å². The molecule has 4 aromatic rings. The molecular weight excluding hydrogens is 898 g/mol. The third-order valence-corrected chi connectivity index (χ3v) is 9.91. The standard InChI is InChI=1S/C35H31ClI2N2O8S/c1-5-45-27-14-21(10-11-26(27)47-18-29(41)44-4)31-30(34(43)46-6-2)19(3)39-35-40(31)33(42)28(49-35)15-22-13-24(37)16-25(38)32(22)48-17-20-8-7-9-23(36)12-20/h7-16,31H,5-6,17-18H2,1-4H3/b28-15+/t31-/m0/s1. The second kappa shape index (κ2) is 16.5. The molecule has 1 aliphatic heterocycles. The van der Waals surface area contributed by atoms with Crippen molar-refractivity contribution < 1.29 is 33.3 Å². The Bertz CT molecular complexity index is 2130. The first kappa shape index (κ1) is 36.9. The molecule has 0 aliphatic carbocycles. The summed E-state index contributed by atoms with van der Waals surface area (Å²) in [6.07, 6.45) is 1.79. The molecule has 5 rings (SSSR count). The molecule has 1 atom stereocenters. The van der Waals surface area contributed by atoms with Crippen LogP contribution in [0.1, 0.15) is 43.5 Å². The van der Waals surface area contributed by atoms with E-state index >= 15 is 0 Å². The zero-order valence-electron chi connectivity index (χ0n) is 26.9. The highest BCUT2D eigenvalue weighted by atomic mass is 127. The third kappa shape index (κ3) is 8.49. The summed E-state index contributed by atoms with van der Waals surface area (Å²) in [5.74, 6) is 0.119. The number of methoxy groups -OCH3 is 1. The molecular formula is C35H31ClI2N2O8S. The summed E-state index contributed by atoms with van der Waals surface area (Å²) in [7, 11) is 1.27. The molecule has 0 fully saturated rings. The minimum absolute atomic E-state index is 0.139. The van der Waals surface area contributed by atoms with Crippen LogP contribution in [0.4, 0.5) is 0 Å². The van der Waals surface area contributed by atoms with Gasteiger partial charge in [-0.25, -0.2) is 14.6 Å². The van der Waals surface area contributed by atoms with Crippen LogP contribution in [-0.2, 0) is 25.7 Å². The summed E-state index contributed by atoms with van der Waals surface area (Å²) in [6, 6.07) is 15.5. The largest absolute Gasteiger partial charge is 0.490 e. The van der Waals surface area contributed by atoms with Crippen LogP contribution in [0.2, 0.25) is 5.02 Å². The fourth-order valence-corrected chi connectivity index (χ4v) is 8.44. The van der Waals surface area contributed by atoms with Crippen LogP contribution in [0.3, 0.4) is 0 Å². The van der Waals surface area contributed by atoms with Gasteiger partial charge in [0.25, 0.3) is 5.56 Å². The van der Waals surface area contributed by atoms with Crippen molar-refractivity contribution in [2.24, 2.45) is 4.99 Å². The Morgan fingerprint density at radius 1 is 1.02 bits per heavy atom. The molecule has 256 valence electrons. The molecule has 0 unspecified atom stereocenters. The van der Waals surface area contributed by atoms with Crippen molar-refractivity contribution in [1.82, 2.24) is 4.57 Å². The second-order valence-corrected chi connectivity index (χ2v) is 14.4. The number of nitrogens with zero attached hydrogens (tertiary/aromatic N) is 2. The highest BCUT2D eigenvalue weighted by Gasteiger charge is 2.34. The fraction of sp³-hybridized carbons (Fsp3) is 0.257. The Balaban J connectivity index is 1.64. The fourth-order valence-electron chi connectivity index (χ4n) is 5.15. The molecule has 0 amide bonds. The van der Waals surface area contributed by atoms with E-state index in [0.717, 1.165) is 12.7 Å². The molecule has 1 aliphatic rings. The zero-order chi connectivity index (χ0) is 35.2. The van der Waals surface area contributed by atoms with Crippen LogP contribution in [-0.4, -0.2) is 43.4 Å². The number of carbonyl (C=O) groups excluding carboxylic acids is 2. The number of carbonyl (C=O) groups is 2. The van der Waals surface area contributed by atoms with Crippen molar-refractivity contribution in [3.63, 3.8) is 0 Å². The first-order chi connectivity index (χ1) is 23.5. The third-order valence-electron chi connectivity index (χ3n) is 7.27. The van der Waals surface area contributed by atoms with Crippen LogP contribution in [0.15, 0.2) is 75.7 Å². The molecule has 1 aromatic heterocycles. The van der Waals surface area contributed by atoms with Crippen molar-refractivity contribution in [3.05, 3.63) is 114 Å². The summed E-state index contributed by atoms with van der Waals surface area (Å²) >= 11 is 11.9. The highest BCUT2D eigenvalue weighted by Crippen LogP contribution is 2.37. The summed E-state index contributed by atoms with van der Waals surface area (Å²) in [4.78, 5) is 44.7. The van der Waals surface area contributed by atoms with Crippen molar-refractivity contribution in [3.8, 4) is 17.2 Å². The Hall–Kier alpha value is -3.41. The van der Waals surface area contributed by atoms with Gasteiger partial charge >= 0.3 is 11.9 Å². The molecule has 3 aromatic carbocycles. The molecule has 0 N–H and O–H groups in total. The molecule has 0 saturated carbocycles. The van der Waals surface area contributed by atoms with Gasteiger partial charge in [-0.1, -0.05) is 41.1 Å². The van der Waals surface area contributed by atoms with E-state index in [9.17, 15) is 14.4 Å². The first-order valence-corrected chi connectivity index (χ1v) is 18.4. The van der Waals surface area contributed by atoms with Gasteiger partial charge in [-0.15, -0.1) is 0 Å². The second-order valence-electron chi connectivity index (χ2n) is 10.5. The number of benzene rings is 3. The van der Waals surface area contributed by atoms with E-state index in [4.69, 9.17) is 40.3 Å². The van der Waals surface area contributed by atoms with E-state index in [-0.39, 0.29) is 31.0 Å². The van der Waals surface area contributed by atoms with E-state index in [1.165, 1.54) is 23.0 Å². The van der Waals surface area contributed by atoms with Crippen molar-refractivity contribution in [2.45, 2.75) is 33.4 Å². The van der Waals surface area contributed by atoms with Gasteiger partial charge in [-0.3, -0.25) is 9.36 Å². The number of rotatable bonds is 12. The number of halogens is 3. The molecule has 0 spiro atoms. The predicted octanol–water partition coefficient (Wildman–Crippen LogP) is 6.19. The number of allylic oxidation sites excluding steroid dienone is 1. The molecule has 10 nitrogen and oxygen atoms in total. The van der Waals surface area contributed by atoms with Crippen LogP contribution in [0.25, 0.3) is 6.08 Å². The minimum atomic E-state index is -0.888. The van der Waals surface area contributed by atoms with Gasteiger partial charge in [0.05, 0.1) is 45.7 Å². The highest BCUT2D eigenvalue weighted by molar-refractivity contribution is 14.1. The summed E-state index contributed by atoms with van der Waals surface area (Å²) in [5.41, 5.74) is 2.49. The number of aromatic nitrogens is 1. The molecule has 2 heterocycles. The zero-order valence-corrected chi connectivity index (χ0v) is 32.8. The molecule has 0 saturated heterocycles. The van der Waals surface area contributed by atoms with Crippen LogP contribution < -0.4 is 29.1 Å². The van der Waals surface area contributed by atoms with Gasteiger partial charge in [-0.2, -0.15) is 0 Å². The average molecular weight is 929 g/mol. The van der Waals surface area contributed by atoms with Crippen LogP contribution in [0, 0.1) is 7.14 Å². The lowest BCUT2D eigenvalue weighted by Gasteiger charge is -2.25. The molecule has 0 radical (unpaired) electrons. The number of ether oxygens (including phenoxy) is 5. The lowest BCUT2D eigenvalue weighted by Crippen LogP contribution is -2.40. The van der Waals surface area contributed by atoms with Gasteiger partial charge in [0.2, 0.25) is 0 Å². The molecule has 49 heavy (non-hydrogen) atoms. The lowest BCUT2D eigenvalue weighted by molar-refractivity contribution is -0.143. The van der Waals surface area contributed by atoms with Crippen molar-refractivity contribution >= 4 is 86.1 Å². The van der Waals surface area contributed by atoms with Gasteiger partial charge in [0.1, 0.15) is 12.4 Å². The number of hydrogen-bond donors (Lipinski definition) is 0. The maximum Gasteiger partial charge on any atom is 0.343 e. The summed E-state index contributed by atoms with van der Waals surface area (Å²) in [5, 5.41) is 0.614. The Morgan fingerprint density at radius 2 is 1.82 bits per heavy atom. The maximum atomic E-state index is 14.4. The van der Waals surface area contributed by atoms with E-state index < -0.39 is 18.0 Å². The van der Waals surface area contributed by atoms with E-state index in [1.54, 1.807) is 44.2 Å². The number of hydrogen-bond acceptors (Lipinski definition) is 10. The van der Waals surface area contributed by atoms with E-state index in [1.807, 2.05) is 37.3 Å². The Labute approximate surface area is 318 Å². The number of esters is 2. The quantitative estimate of drug-likeness (QED) is 0.122. The SMILES string of the molecule is CCOC(=O)C1=C(C)N=c2s/c(=C/c3cc(I)cc(I)c3OCc3cccc(Cl)c3)c(=O)n2[C@H]1c1ccc(OCC(=O)OC)c(OCC)c1. The Kier molecular flexibility index (Phi) is 12.4. The van der Waals surface area contributed by atoms with Gasteiger partial charge < -0.3 is 23.7 Å². The van der Waals surface area contributed by atoms with Crippen molar-refractivity contribution in [2.75, 3.05) is 26.9 Å². The average Bonchev–Trinajstić information content (AvgIpc) is 3.36. The Morgan fingerprint density at radius 3 is 2.53 bits per heavy atom. The predicted molar refractivity (Wildman–Crippen MR) is 203 cm³/mol. The normalized spacial score (nSPS) is 14.2. The number of fused-ring (bicyclic) bond motifs is 1. The molecule has 0 bridgehead atoms. The lowest BCUT2D eigenvalue weighted by atomic mass is 9.95. The number of thiazole rings is 1. The maximum absolute atomic E-state index is 14.4. The van der Waals surface area contributed by atoms with E-state index in [2.05, 4.69) is 45.2 Å². The van der Waals surface area contributed by atoms with Crippen LogP contribution >= 0.6 is 68.1 Å². The van der Waals surface area contributed by atoms with Gasteiger partial charge in [0, 0.05) is 14.2 Å². The van der Waals surface area contributed by atoms with Crippen LogP contribution in [0.5, 0.6) is 17.2 Å². The van der Waals surface area contributed by atoms with E-state index in [0.29, 0.717) is 55.0 Å². The molecule has 14 heteroatoms. The summed E-state index contributed by atoms with van der Waals surface area (Å²) in [6.45, 7) is 5.65.